The van der Waals surface area contributed by atoms with Crippen molar-refractivity contribution in [2.24, 2.45) is 0 Å². The summed E-state index contributed by atoms with van der Waals surface area (Å²) in [6.45, 7) is 1.90. The van der Waals surface area contributed by atoms with Crippen LogP contribution in [0.1, 0.15) is 18.9 Å². The van der Waals surface area contributed by atoms with Crippen LogP contribution in [-0.2, 0) is 9.59 Å². The number of ether oxygens (including phenoxy) is 2. The van der Waals surface area contributed by atoms with Crippen LogP contribution < -0.4 is 14.8 Å². The second-order valence-corrected chi connectivity index (χ2v) is 7.69. The van der Waals surface area contributed by atoms with Crippen LogP contribution in [-0.4, -0.2) is 42.2 Å². The number of carbonyl (C=O) groups is 3. The van der Waals surface area contributed by atoms with Crippen LogP contribution in [0.4, 0.5) is 19.3 Å². The summed E-state index contributed by atoms with van der Waals surface area (Å²) in [5.41, 5.74) is 0.352. The minimum atomic E-state index is -0.965. The first-order valence-corrected chi connectivity index (χ1v) is 10.4. The van der Waals surface area contributed by atoms with Gasteiger partial charge in [0, 0.05) is 6.07 Å². The number of nitrogens with one attached hydrogen (secondary N) is 1. The lowest BCUT2D eigenvalue weighted by Crippen LogP contribution is -2.36. The molecule has 0 aliphatic carbocycles. The zero-order valence-corrected chi connectivity index (χ0v) is 18.1. The fourth-order valence-electron chi connectivity index (χ4n) is 2.82. The second kappa shape index (κ2) is 10.3. The summed E-state index contributed by atoms with van der Waals surface area (Å²) in [4.78, 5) is 38.0. The molecule has 10 heteroatoms. The van der Waals surface area contributed by atoms with Gasteiger partial charge in [-0.2, -0.15) is 0 Å². The van der Waals surface area contributed by atoms with Crippen molar-refractivity contribution in [3.63, 3.8) is 0 Å². The fraction of sp³-hybridized carbons (Fsp3) is 0.227. The zero-order valence-electron chi connectivity index (χ0n) is 17.3. The SMILES string of the molecule is CCCOc1ccc(C=C2SC(=O)N(CC(=O)Nc3ccc(F)cc3F)C2=O)cc1OC. The van der Waals surface area contributed by atoms with Gasteiger partial charge in [-0.15, -0.1) is 0 Å². The molecule has 0 unspecified atom stereocenters. The van der Waals surface area contributed by atoms with Crippen molar-refractivity contribution in [3.05, 3.63) is 58.5 Å². The topological polar surface area (TPSA) is 84.9 Å². The minimum absolute atomic E-state index is 0.125. The van der Waals surface area contributed by atoms with Gasteiger partial charge < -0.3 is 14.8 Å². The van der Waals surface area contributed by atoms with Crippen LogP contribution in [0, 0.1) is 11.6 Å². The molecule has 7 nitrogen and oxygen atoms in total. The number of nitrogens with zero attached hydrogens (tertiary/aromatic N) is 1. The average molecular weight is 462 g/mol. The largest absolute Gasteiger partial charge is 0.493 e. The minimum Gasteiger partial charge on any atom is -0.493 e. The summed E-state index contributed by atoms with van der Waals surface area (Å²) < 4.78 is 37.6. The number of carbonyl (C=O) groups excluding carboxylic acids is 3. The molecule has 0 spiro atoms. The Morgan fingerprint density at radius 1 is 1.16 bits per heavy atom. The quantitative estimate of drug-likeness (QED) is 0.584. The number of anilines is 1. The molecule has 168 valence electrons. The molecule has 1 fully saturated rings. The van der Waals surface area contributed by atoms with Gasteiger partial charge in [0.05, 0.1) is 24.3 Å². The standard InChI is InChI=1S/C22H20F2N2O5S/c1-3-8-31-17-7-4-13(9-18(17)30-2)10-19-21(28)26(22(29)32-19)12-20(27)25-16-6-5-14(23)11-15(16)24/h4-7,9-11H,3,8,12H2,1-2H3,(H,25,27). The number of methoxy groups -OCH3 is 1. The molecule has 1 N–H and O–H groups in total. The number of thioether (sulfide) groups is 1. The summed E-state index contributed by atoms with van der Waals surface area (Å²) in [6, 6.07) is 7.74. The molecule has 0 saturated carbocycles. The third kappa shape index (κ3) is 5.44. The first-order chi connectivity index (χ1) is 15.3. The highest BCUT2D eigenvalue weighted by molar-refractivity contribution is 8.18. The molecule has 0 radical (unpaired) electrons. The monoisotopic (exact) mass is 462 g/mol. The van der Waals surface area contributed by atoms with E-state index >= 15 is 0 Å². The van der Waals surface area contributed by atoms with Crippen molar-refractivity contribution in [3.8, 4) is 11.5 Å². The van der Waals surface area contributed by atoms with Crippen LogP contribution in [0.25, 0.3) is 6.08 Å². The van der Waals surface area contributed by atoms with Gasteiger partial charge in [0.2, 0.25) is 5.91 Å². The van der Waals surface area contributed by atoms with Crippen LogP contribution in [0.3, 0.4) is 0 Å². The number of rotatable bonds is 8. The van der Waals surface area contributed by atoms with E-state index in [0.717, 1.165) is 23.5 Å². The molecule has 1 saturated heterocycles. The fourth-order valence-corrected chi connectivity index (χ4v) is 3.66. The number of halogens is 2. The maximum atomic E-state index is 13.7. The Balaban J connectivity index is 1.71. The summed E-state index contributed by atoms with van der Waals surface area (Å²) in [7, 11) is 1.49. The Hall–Kier alpha value is -3.40. The third-order valence-electron chi connectivity index (χ3n) is 4.33. The highest BCUT2D eigenvalue weighted by atomic mass is 32.2. The van der Waals surface area contributed by atoms with E-state index in [9.17, 15) is 23.2 Å². The first kappa shape index (κ1) is 23.3. The smallest absolute Gasteiger partial charge is 0.294 e. The van der Waals surface area contributed by atoms with E-state index in [1.165, 1.54) is 13.2 Å². The van der Waals surface area contributed by atoms with E-state index in [1.807, 2.05) is 6.92 Å². The van der Waals surface area contributed by atoms with Crippen LogP contribution in [0.2, 0.25) is 0 Å². The molecular formula is C22H20F2N2O5S. The van der Waals surface area contributed by atoms with Crippen LogP contribution >= 0.6 is 11.8 Å². The van der Waals surface area contributed by atoms with E-state index < -0.39 is 35.2 Å². The Morgan fingerprint density at radius 3 is 2.62 bits per heavy atom. The summed E-state index contributed by atoms with van der Waals surface area (Å²) in [5, 5.41) is 1.59. The average Bonchev–Trinajstić information content (AvgIpc) is 3.02. The van der Waals surface area contributed by atoms with Gasteiger partial charge >= 0.3 is 0 Å². The number of hydrogen-bond donors (Lipinski definition) is 1. The van der Waals surface area contributed by atoms with E-state index in [1.54, 1.807) is 18.2 Å². The van der Waals surface area contributed by atoms with E-state index in [-0.39, 0.29) is 10.6 Å². The van der Waals surface area contributed by atoms with Crippen molar-refractivity contribution < 1.29 is 32.6 Å². The van der Waals surface area contributed by atoms with Crippen molar-refractivity contribution in [1.82, 2.24) is 4.90 Å². The van der Waals surface area contributed by atoms with Crippen molar-refractivity contribution >= 4 is 40.6 Å². The second-order valence-electron chi connectivity index (χ2n) is 6.70. The maximum Gasteiger partial charge on any atom is 0.294 e. The Kier molecular flexibility index (Phi) is 7.47. The van der Waals surface area contributed by atoms with Gasteiger partial charge in [-0.25, -0.2) is 8.78 Å². The molecule has 1 aliphatic heterocycles. The van der Waals surface area contributed by atoms with Gasteiger partial charge in [-0.1, -0.05) is 13.0 Å². The molecule has 0 aromatic heterocycles. The number of amides is 3. The summed E-state index contributed by atoms with van der Waals surface area (Å²) in [5.74, 6) is -2.17. The van der Waals surface area contributed by atoms with Gasteiger partial charge in [-0.3, -0.25) is 19.3 Å². The highest BCUT2D eigenvalue weighted by Crippen LogP contribution is 2.34. The summed E-state index contributed by atoms with van der Waals surface area (Å²) >= 11 is 0.684. The van der Waals surface area contributed by atoms with E-state index in [2.05, 4.69) is 5.32 Å². The van der Waals surface area contributed by atoms with E-state index in [4.69, 9.17) is 9.47 Å². The number of imide groups is 1. The highest BCUT2D eigenvalue weighted by Gasteiger charge is 2.36. The number of benzene rings is 2. The number of hydrogen-bond acceptors (Lipinski definition) is 6. The molecule has 1 aliphatic rings. The third-order valence-corrected chi connectivity index (χ3v) is 5.24. The molecule has 32 heavy (non-hydrogen) atoms. The normalized spacial score (nSPS) is 14.8. The Morgan fingerprint density at radius 2 is 1.94 bits per heavy atom. The lowest BCUT2D eigenvalue weighted by atomic mass is 10.2. The van der Waals surface area contributed by atoms with Crippen LogP contribution in [0.5, 0.6) is 11.5 Å². The molecule has 2 aromatic rings. The Bertz CT molecular complexity index is 1090. The van der Waals surface area contributed by atoms with Gasteiger partial charge in [-0.05, 0) is 54.1 Å². The lowest BCUT2D eigenvalue weighted by Gasteiger charge is -2.13. The van der Waals surface area contributed by atoms with Crippen molar-refractivity contribution in [1.29, 1.82) is 0 Å². The van der Waals surface area contributed by atoms with Gasteiger partial charge in [0.1, 0.15) is 18.2 Å². The molecular weight excluding hydrogens is 442 g/mol. The molecule has 3 amide bonds. The zero-order chi connectivity index (χ0) is 23.3. The lowest BCUT2D eigenvalue weighted by molar-refractivity contribution is -0.127. The maximum absolute atomic E-state index is 13.7. The molecule has 0 bridgehead atoms. The van der Waals surface area contributed by atoms with Crippen molar-refractivity contribution in [2.45, 2.75) is 13.3 Å². The van der Waals surface area contributed by atoms with Gasteiger partial charge in [0.15, 0.2) is 11.5 Å². The molecule has 3 rings (SSSR count). The molecule has 1 heterocycles. The first-order valence-electron chi connectivity index (χ1n) is 9.63. The Labute approximate surface area is 187 Å². The van der Waals surface area contributed by atoms with Crippen molar-refractivity contribution in [2.75, 3.05) is 25.6 Å². The molecule has 2 aromatic carbocycles. The summed E-state index contributed by atoms with van der Waals surface area (Å²) in [6.07, 6.45) is 2.34. The predicted octanol–water partition coefficient (Wildman–Crippen LogP) is 4.44. The predicted molar refractivity (Wildman–Crippen MR) is 116 cm³/mol. The van der Waals surface area contributed by atoms with Crippen LogP contribution in [0.15, 0.2) is 41.3 Å². The van der Waals surface area contributed by atoms with E-state index in [0.29, 0.717) is 41.5 Å². The molecule has 0 atom stereocenters. The van der Waals surface area contributed by atoms with Gasteiger partial charge in [0.25, 0.3) is 11.1 Å².